The topological polar surface area (TPSA) is 43.3 Å². The molecule has 3 rings (SSSR count). The quantitative estimate of drug-likeness (QED) is 0.694. The summed E-state index contributed by atoms with van der Waals surface area (Å²) in [5.74, 6) is 0.762. The maximum Gasteiger partial charge on any atom is 0.149 e. The van der Waals surface area contributed by atoms with Gasteiger partial charge in [0.2, 0.25) is 0 Å². The predicted octanol–water partition coefficient (Wildman–Crippen LogP) is 2.72. The number of fused-ring (bicyclic) bond motifs is 1. The molecule has 4 heteroatoms. The lowest BCUT2D eigenvalue weighted by Gasteiger charge is -2.05. The Morgan fingerprint density at radius 1 is 1.06 bits per heavy atom. The van der Waals surface area contributed by atoms with Crippen LogP contribution in [0.5, 0.6) is 0 Å². The van der Waals surface area contributed by atoms with Gasteiger partial charge < -0.3 is 5.73 Å². The molecule has 84 valence electrons. The second-order valence-electron chi connectivity index (χ2n) is 3.77. The van der Waals surface area contributed by atoms with E-state index in [-0.39, 0.29) is 5.82 Å². The van der Waals surface area contributed by atoms with Crippen LogP contribution in [0.15, 0.2) is 48.7 Å². The van der Waals surface area contributed by atoms with E-state index in [1.54, 1.807) is 34.9 Å². The molecule has 0 saturated carbocycles. The summed E-state index contributed by atoms with van der Waals surface area (Å²) in [5.41, 5.74) is 7.19. The van der Waals surface area contributed by atoms with E-state index in [1.807, 2.05) is 12.1 Å². The molecule has 3 aromatic rings. The number of hydrogen-bond acceptors (Lipinski definition) is 2. The van der Waals surface area contributed by atoms with Crippen LogP contribution in [0, 0.1) is 5.82 Å². The fourth-order valence-electron chi connectivity index (χ4n) is 1.91. The van der Waals surface area contributed by atoms with E-state index in [1.165, 1.54) is 6.07 Å². The molecule has 0 atom stereocenters. The minimum absolute atomic E-state index is 0.303. The summed E-state index contributed by atoms with van der Waals surface area (Å²) in [6, 6.07) is 12.0. The fraction of sp³-hybridized carbons (Fsp3) is 0. The molecule has 0 fully saturated rings. The van der Waals surface area contributed by atoms with E-state index in [0.29, 0.717) is 17.2 Å². The van der Waals surface area contributed by atoms with Crippen molar-refractivity contribution in [3.05, 3.63) is 54.5 Å². The number of halogens is 1. The van der Waals surface area contributed by atoms with Gasteiger partial charge in [0.05, 0.1) is 17.3 Å². The smallest absolute Gasteiger partial charge is 0.149 e. The first kappa shape index (κ1) is 9.84. The van der Waals surface area contributed by atoms with Crippen molar-refractivity contribution in [3.63, 3.8) is 0 Å². The summed E-state index contributed by atoms with van der Waals surface area (Å²) in [4.78, 5) is 4.23. The van der Waals surface area contributed by atoms with Crippen molar-refractivity contribution in [3.8, 4) is 11.4 Å². The Hall–Kier alpha value is -2.36. The summed E-state index contributed by atoms with van der Waals surface area (Å²) in [6.07, 6.45) is 1.68. The first-order chi connectivity index (χ1) is 8.27. The predicted molar refractivity (Wildman–Crippen MR) is 65.0 cm³/mol. The Balaban J connectivity index is 2.36. The summed E-state index contributed by atoms with van der Waals surface area (Å²) in [5, 5.41) is 0. The van der Waals surface area contributed by atoms with Gasteiger partial charge in [0.1, 0.15) is 17.5 Å². The van der Waals surface area contributed by atoms with Crippen LogP contribution in [-0.4, -0.2) is 9.38 Å². The van der Waals surface area contributed by atoms with Gasteiger partial charge in [-0.1, -0.05) is 18.2 Å². The van der Waals surface area contributed by atoms with Crippen molar-refractivity contribution in [1.82, 2.24) is 9.38 Å². The van der Waals surface area contributed by atoms with Crippen molar-refractivity contribution >= 4 is 11.3 Å². The molecule has 0 aliphatic carbocycles. The number of pyridine rings is 1. The number of nitrogens with two attached hydrogens (primary N) is 1. The first-order valence-electron chi connectivity index (χ1n) is 5.24. The lowest BCUT2D eigenvalue weighted by atomic mass is 10.2. The van der Waals surface area contributed by atoms with Gasteiger partial charge in [-0.05, 0) is 24.3 Å². The number of aromatic nitrogens is 2. The minimum atomic E-state index is -0.303. The van der Waals surface area contributed by atoms with Crippen molar-refractivity contribution < 1.29 is 4.39 Å². The van der Waals surface area contributed by atoms with Gasteiger partial charge in [-0.3, -0.25) is 4.40 Å². The highest BCUT2D eigenvalue weighted by molar-refractivity contribution is 5.66. The number of nitrogens with zero attached hydrogens (tertiary/aromatic N) is 2. The first-order valence-corrected chi connectivity index (χ1v) is 5.24. The third-order valence-electron chi connectivity index (χ3n) is 2.70. The van der Waals surface area contributed by atoms with Crippen molar-refractivity contribution in [2.45, 2.75) is 0 Å². The van der Waals surface area contributed by atoms with Crippen LogP contribution >= 0.6 is 0 Å². The molecular formula is C13H10FN3. The zero-order chi connectivity index (χ0) is 11.8. The average molecular weight is 227 g/mol. The molecule has 0 spiro atoms. The second-order valence-corrected chi connectivity index (χ2v) is 3.77. The summed E-state index contributed by atoms with van der Waals surface area (Å²) >= 11 is 0. The Morgan fingerprint density at radius 3 is 2.71 bits per heavy atom. The van der Waals surface area contributed by atoms with Crippen molar-refractivity contribution in [2.24, 2.45) is 0 Å². The lowest BCUT2D eigenvalue weighted by Crippen LogP contribution is -1.99. The highest BCUT2D eigenvalue weighted by Crippen LogP contribution is 2.24. The van der Waals surface area contributed by atoms with Gasteiger partial charge >= 0.3 is 0 Å². The number of anilines is 1. The molecule has 0 saturated heterocycles. The molecule has 0 radical (unpaired) electrons. The van der Waals surface area contributed by atoms with E-state index in [2.05, 4.69) is 4.98 Å². The third-order valence-corrected chi connectivity index (χ3v) is 2.70. The summed E-state index contributed by atoms with van der Waals surface area (Å²) < 4.78 is 15.5. The van der Waals surface area contributed by atoms with Gasteiger partial charge in [0.15, 0.2) is 0 Å². The molecule has 0 amide bonds. The molecule has 2 aromatic heterocycles. The Morgan fingerprint density at radius 2 is 1.88 bits per heavy atom. The van der Waals surface area contributed by atoms with Crippen molar-refractivity contribution in [2.75, 3.05) is 5.73 Å². The zero-order valence-electron chi connectivity index (χ0n) is 8.97. The Bertz CT molecular complexity index is 688. The van der Waals surface area contributed by atoms with Gasteiger partial charge in [-0.2, -0.15) is 0 Å². The van der Waals surface area contributed by atoms with Gasteiger partial charge in [-0.15, -0.1) is 0 Å². The van der Waals surface area contributed by atoms with Gasteiger partial charge in [0.25, 0.3) is 0 Å². The number of hydrogen-bond donors (Lipinski definition) is 1. The maximum atomic E-state index is 13.7. The average Bonchev–Trinajstić information content (AvgIpc) is 2.75. The molecule has 0 aliphatic heterocycles. The maximum absolute atomic E-state index is 13.7. The van der Waals surface area contributed by atoms with Crippen molar-refractivity contribution in [1.29, 1.82) is 0 Å². The van der Waals surface area contributed by atoms with E-state index < -0.39 is 0 Å². The zero-order valence-corrected chi connectivity index (χ0v) is 8.97. The van der Waals surface area contributed by atoms with Crippen LogP contribution in [0.25, 0.3) is 16.9 Å². The SMILES string of the molecule is Nc1cccc2cnc(-c3ccccc3F)n12. The standard InChI is InChI=1S/C13H10FN3/c14-11-6-2-1-5-10(11)13-16-8-9-4-3-7-12(15)17(9)13/h1-8H,15H2. The van der Waals surface area contributed by atoms with Crippen LogP contribution in [0.2, 0.25) is 0 Å². The number of nitrogen functional groups attached to an aromatic ring is 1. The Labute approximate surface area is 97.3 Å². The lowest BCUT2D eigenvalue weighted by molar-refractivity contribution is 0.630. The summed E-state index contributed by atoms with van der Waals surface area (Å²) in [7, 11) is 0. The monoisotopic (exact) mass is 227 g/mol. The molecule has 0 unspecified atom stereocenters. The highest BCUT2D eigenvalue weighted by atomic mass is 19.1. The van der Waals surface area contributed by atoms with Crippen LogP contribution in [0.1, 0.15) is 0 Å². The molecule has 0 bridgehead atoms. The van der Waals surface area contributed by atoms with E-state index >= 15 is 0 Å². The normalized spacial score (nSPS) is 10.9. The molecule has 0 aliphatic rings. The van der Waals surface area contributed by atoms with E-state index in [0.717, 1.165) is 5.52 Å². The van der Waals surface area contributed by atoms with Crippen LogP contribution in [-0.2, 0) is 0 Å². The number of benzene rings is 1. The second kappa shape index (κ2) is 3.59. The van der Waals surface area contributed by atoms with Gasteiger partial charge in [-0.25, -0.2) is 9.37 Å². The van der Waals surface area contributed by atoms with E-state index in [9.17, 15) is 4.39 Å². The number of imidazole rings is 1. The molecule has 1 aromatic carbocycles. The molecule has 3 nitrogen and oxygen atoms in total. The highest BCUT2D eigenvalue weighted by Gasteiger charge is 2.11. The molecular weight excluding hydrogens is 217 g/mol. The van der Waals surface area contributed by atoms with Crippen LogP contribution < -0.4 is 5.73 Å². The molecule has 2 N–H and O–H groups in total. The Kier molecular flexibility index (Phi) is 2.08. The minimum Gasteiger partial charge on any atom is -0.385 e. The van der Waals surface area contributed by atoms with Crippen LogP contribution in [0.3, 0.4) is 0 Å². The van der Waals surface area contributed by atoms with Crippen LogP contribution in [0.4, 0.5) is 10.2 Å². The number of rotatable bonds is 1. The summed E-state index contributed by atoms with van der Waals surface area (Å²) in [6.45, 7) is 0. The molecule has 2 heterocycles. The van der Waals surface area contributed by atoms with E-state index in [4.69, 9.17) is 5.73 Å². The molecule has 17 heavy (non-hydrogen) atoms. The third kappa shape index (κ3) is 1.45. The van der Waals surface area contributed by atoms with Gasteiger partial charge in [0, 0.05) is 0 Å². The largest absolute Gasteiger partial charge is 0.385 e. The fourth-order valence-corrected chi connectivity index (χ4v) is 1.91.